The number of morpholine rings is 1. The fourth-order valence-electron chi connectivity index (χ4n) is 3.50. The fourth-order valence-corrected chi connectivity index (χ4v) is 3.50. The van der Waals surface area contributed by atoms with Gasteiger partial charge in [-0.3, -0.25) is 4.79 Å². The van der Waals surface area contributed by atoms with E-state index in [9.17, 15) is 4.79 Å². The van der Waals surface area contributed by atoms with Crippen LogP contribution in [0.25, 0.3) is 0 Å². The number of carbonyl (C=O) groups excluding carboxylic acids is 1. The Hall–Kier alpha value is -1.39. The molecule has 0 spiro atoms. The largest absolute Gasteiger partial charge is 0.370 e. The second kappa shape index (κ2) is 6.80. The number of aryl methyl sites for hydroxylation is 1. The first kappa shape index (κ1) is 15.5. The Morgan fingerprint density at radius 1 is 1.27 bits per heavy atom. The van der Waals surface area contributed by atoms with Crippen LogP contribution >= 0.6 is 0 Å². The van der Waals surface area contributed by atoms with Gasteiger partial charge in [-0.15, -0.1) is 0 Å². The van der Waals surface area contributed by atoms with Gasteiger partial charge in [-0.2, -0.15) is 0 Å². The summed E-state index contributed by atoms with van der Waals surface area (Å²) < 4.78 is 6.02. The van der Waals surface area contributed by atoms with Crippen molar-refractivity contribution >= 4 is 5.91 Å². The van der Waals surface area contributed by atoms with Crippen molar-refractivity contribution in [1.82, 2.24) is 10.2 Å². The summed E-state index contributed by atoms with van der Waals surface area (Å²) >= 11 is 0. The number of hydrogen-bond acceptors (Lipinski definition) is 3. The van der Waals surface area contributed by atoms with Gasteiger partial charge >= 0.3 is 0 Å². The molecule has 22 heavy (non-hydrogen) atoms. The van der Waals surface area contributed by atoms with Crippen LogP contribution < -0.4 is 5.32 Å². The summed E-state index contributed by atoms with van der Waals surface area (Å²) in [6, 6.07) is 8.48. The molecule has 1 aromatic rings. The Morgan fingerprint density at radius 2 is 2.00 bits per heavy atom. The third kappa shape index (κ3) is 3.18. The predicted octanol–water partition coefficient (Wildman–Crippen LogP) is 2.28. The Morgan fingerprint density at radius 3 is 2.73 bits per heavy atom. The van der Waals surface area contributed by atoms with Crippen molar-refractivity contribution < 1.29 is 9.53 Å². The van der Waals surface area contributed by atoms with E-state index < -0.39 is 0 Å². The fraction of sp³-hybridized carbons (Fsp3) is 0.611. The summed E-state index contributed by atoms with van der Waals surface area (Å²) in [5.74, 6) is 0.496. The number of benzene rings is 1. The van der Waals surface area contributed by atoms with Crippen LogP contribution in [0.2, 0.25) is 0 Å². The van der Waals surface area contributed by atoms with E-state index in [-0.39, 0.29) is 18.1 Å². The minimum Gasteiger partial charge on any atom is -0.370 e. The number of rotatable bonds is 2. The van der Waals surface area contributed by atoms with Crippen LogP contribution in [0.4, 0.5) is 0 Å². The van der Waals surface area contributed by atoms with Crippen LogP contribution in [-0.4, -0.2) is 43.1 Å². The minimum absolute atomic E-state index is 0.00284. The highest BCUT2D eigenvalue weighted by Crippen LogP contribution is 2.29. The third-order valence-electron chi connectivity index (χ3n) is 4.94. The van der Waals surface area contributed by atoms with Crippen molar-refractivity contribution in [3.63, 3.8) is 0 Å². The van der Waals surface area contributed by atoms with Crippen molar-refractivity contribution in [2.24, 2.45) is 5.92 Å². The van der Waals surface area contributed by atoms with E-state index in [1.807, 2.05) is 12.1 Å². The summed E-state index contributed by atoms with van der Waals surface area (Å²) in [4.78, 5) is 14.9. The van der Waals surface area contributed by atoms with Gasteiger partial charge in [0.15, 0.2) is 0 Å². The molecule has 4 heteroatoms. The lowest BCUT2D eigenvalue weighted by Crippen LogP contribution is -2.51. The van der Waals surface area contributed by atoms with E-state index >= 15 is 0 Å². The molecule has 3 rings (SSSR count). The molecule has 0 aromatic heterocycles. The molecule has 0 saturated carbocycles. The summed E-state index contributed by atoms with van der Waals surface area (Å²) in [5, 5.41) is 3.33. The van der Waals surface area contributed by atoms with Crippen LogP contribution in [0.15, 0.2) is 24.3 Å². The first-order valence-electron chi connectivity index (χ1n) is 8.35. The molecule has 0 unspecified atom stereocenters. The van der Waals surface area contributed by atoms with Crippen molar-refractivity contribution in [2.45, 2.75) is 38.8 Å². The van der Waals surface area contributed by atoms with E-state index in [4.69, 9.17) is 4.74 Å². The van der Waals surface area contributed by atoms with Crippen molar-refractivity contribution in [3.8, 4) is 0 Å². The summed E-state index contributed by atoms with van der Waals surface area (Å²) in [6.07, 6.45) is 1.92. The zero-order valence-electron chi connectivity index (χ0n) is 13.5. The van der Waals surface area contributed by atoms with E-state index in [1.165, 1.54) is 11.1 Å². The smallest absolute Gasteiger partial charge is 0.226 e. The lowest BCUT2D eigenvalue weighted by molar-refractivity contribution is -0.149. The predicted molar refractivity (Wildman–Crippen MR) is 86.6 cm³/mol. The summed E-state index contributed by atoms with van der Waals surface area (Å²) in [6.45, 7) is 7.40. The van der Waals surface area contributed by atoms with Crippen LogP contribution in [-0.2, 0) is 9.53 Å². The zero-order valence-corrected chi connectivity index (χ0v) is 13.5. The number of piperidine rings is 1. The van der Waals surface area contributed by atoms with Crippen molar-refractivity contribution in [1.29, 1.82) is 0 Å². The normalized spacial score (nSPS) is 26.9. The molecule has 1 aromatic carbocycles. The minimum atomic E-state index is 0.00284. The van der Waals surface area contributed by atoms with E-state index in [2.05, 4.69) is 36.2 Å². The highest BCUT2D eigenvalue weighted by molar-refractivity contribution is 5.79. The van der Waals surface area contributed by atoms with Gasteiger partial charge in [-0.1, -0.05) is 24.3 Å². The molecule has 0 bridgehead atoms. The molecule has 120 valence electrons. The second-order valence-corrected chi connectivity index (χ2v) is 6.54. The highest BCUT2D eigenvalue weighted by atomic mass is 16.5. The van der Waals surface area contributed by atoms with Gasteiger partial charge in [0.2, 0.25) is 5.91 Å². The first-order chi connectivity index (χ1) is 10.7. The molecule has 2 saturated heterocycles. The molecule has 1 amide bonds. The number of nitrogens with zero attached hydrogens (tertiary/aromatic N) is 1. The summed E-state index contributed by atoms with van der Waals surface area (Å²) in [5.41, 5.74) is 2.44. The molecular weight excluding hydrogens is 276 g/mol. The van der Waals surface area contributed by atoms with Crippen LogP contribution in [0, 0.1) is 12.8 Å². The first-order valence-corrected chi connectivity index (χ1v) is 8.35. The van der Waals surface area contributed by atoms with Crippen LogP contribution in [0.3, 0.4) is 0 Å². The molecule has 0 radical (unpaired) electrons. The molecule has 2 atom stereocenters. The Bertz CT molecular complexity index is 526. The Labute approximate surface area is 132 Å². The lowest BCUT2D eigenvalue weighted by Gasteiger charge is -2.40. The molecule has 0 aliphatic carbocycles. The number of hydrogen-bond donors (Lipinski definition) is 1. The van der Waals surface area contributed by atoms with Gasteiger partial charge in [0, 0.05) is 5.92 Å². The lowest BCUT2D eigenvalue weighted by atomic mass is 9.94. The van der Waals surface area contributed by atoms with Crippen LogP contribution in [0.1, 0.15) is 37.0 Å². The van der Waals surface area contributed by atoms with Gasteiger partial charge in [-0.05, 0) is 50.9 Å². The monoisotopic (exact) mass is 302 g/mol. The highest BCUT2D eigenvalue weighted by Gasteiger charge is 2.34. The maximum absolute atomic E-state index is 12.9. The van der Waals surface area contributed by atoms with Gasteiger partial charge in [0.1, 0.15) is 6.10 Å². The van der Waals surface area contributed by atoms with Crippen molar-refractivity contribution in [2.75, 3.05) is 26.2 Å². The number of ether oxygens (including phenoxy) is 1. The maximum Gasteiger partial charge on any atom is 0.226 e. The van der Waals surface area contributed by atoms with Gasteiger partial charge in [0.25, 0.3) is 0 Å². The molecule has 2 aliphatic rings. The van der Waals surface area contributed by atoms with E-state index in [0.717, 1.165) is 25.9 Å². The molecule has 2 heterocycles. The molecule has 2 fully saturated rings. The third-order valence-corrected chi connectivity index (χ3v) is 4.94. The van der Waals surface area contributed by atoms with E-state index in [0.29, 0.717) is 19.1 Å². The van der Waals surface area contributed by atoms with Gasteiger partial charge < -0.3 is 15.0 Å². The number of nitrogens with one attached hydrogen (secondary N) is 1. The zero-order chi connectivity index (χ0) is 15.5. The molecular formula is C18H26N2O2. The quantitative estimate of drug-likeness (QED) is 0.911. The molecule has 2 aliphatic heterocycles. The Balaban J connectivity index is 1.73. The Kier molecular flexibility index (Phi) is 4.79. The summed E-state index contributed by atoms with van der Waals surface area (Å²) in [7, 11) is 0. The SMILES string of the molecule is Cc1ccccc1[C@@H]1CN(C(=O)C2CCNCC2)[C@H](C)CO1. The van der Waals surface area contributed by atoms with Crippen molar-refractivity contribution in [3.05, 3.63) is 35.4 Å². The standard InChI is InChI=1S/C18H26N2O2/c1-13-5-3-4-6-16(13)17-11-20(14(2)12-22-17)18(21)15-7-9-19-10-8-15/h3-6,14-15,17,19H,7-12H2,1-2H3/t14-,17+/m1/s1. The maximum atomic E-state index is 12.9. The van der Waals surface area contributed by atoms with E-state index in [1.54, 1.807) is 0 Å². The average Bonchev–Trinajstić information content (AvgIpc) is 2.56. The average molecular weight is 302 g/mol. The molecule has 4 nitrogen and oxygen atoms in total. The van der Waals surface area contributed by atoms with Crippen LogP contribution in [0.5, 0.6) is 0 Å². The van der Waals surface area contributed by atoms with Gasteiger partial charge in [0.05, 0.1) is 19.2 Å². The second-order valence-electron chi connectivity index (χ2n) is 6.54. The van der Waals surface area contributed by atoms with Gasteiger partial charge in [-0.25, -0.2) is 0 Å². The molecule has 1 N–H and O–H groups in total. The topological polar surface area (TPSA) is 41.6 Å². The number of amides is 1. The number of carbonyl (C=O) groups is 1.